The fraction of sp³-hybridized carbons (Fsp3) is 0.200. The van der Waals surface area contributed by atoms with Crippen molar-refractivity contribution in [3.8, 4) is 11.4 Å². The van der Waals surface area contributed by atoms with Gasteiger partial charge < -0.3 is 9.64 Å². The molecular weight excluding hydrogens is 372 g/mol. The number of rotatable bonds is 2. The van der Waals surface area contributed by atoms with Crippen LogP contribution < -0.4 is 4.90 Å². The average molecular weight is 388 g/mol. The second kappa shape index (κ2) is 6.22. The summed E-state index contributed by atoms with van der Waals surface area (Å²) in [7, 11) is 0. The van der Waals surface area contributed by atoms with Gasteiger partial charge in [0.05, 0.1) is 35.1 Å². The van der Waals surface area contributed by atoms with Crippen LogP contribution in [0.3, 0.4) is 0 Å². The zero-order valence-electron chi connectivity index (χ0n) is 14.9. The molecule has 0 spiro atoms. The van der Waals surface area contributed by atoms with E-state index in [0.29, 0.717) is 19.0 Å². The van der Waals surface area contributed by atoms with Gasteiger partial charge in [-0.1, -0.05) is 12.1 Å². The lowest BCUT2D eigenvalue weighted by atomic mass is 10.1. The third kappa shape index (κ3) is 2.38. The van der Waals surface area contributed by atoms with Gasteiger partial charge in [-0.15, -0.1) is 11.3 Å². The zero-order chi connectivity index (χ0) is 18.5. The molecule has 1 N–H and O–H groups in total. The van der Waals surface area contributed by atoms with Crippen LogP contribution >= 0.6 is 11.3 Å². The number of morpholine rings is 1. The molecular formula is C20H16N6OS. The highest BCUT2D eigenvalue weighted by molar-refractivity contribution is 7.25. The van der Waals surface area contributed by atoms with Crippen molar-refractivity contribution >= 4 is 48.5 Å². The summed E-state index contributed by atoms with van der Waals surface area (Å²) in [6.07, 6.45) is 3.66. The van der Waals surface area contributed by atoms with Crippen LogP contribution in [0.15, 0.2) is 42.7 Å². The van der Waals surface area contributed by atoms with Gasteiger partial charge in [0.1, 0.15) is 4.83 Å². The lowest BCUT2D eigenvalue weighted by molar-refractivity contribution is 0.122. The summed E-state index contributed by atoms with van der Waals surface area (Å²) in [4.78, 5) is 17.8. The van der Waals surface area contributed by atoms with Crippen molar-refractivity contribution in [3.63, 3.8) is 0 Å². The summed E-state index contributed by atoms with van der Waals surface area (Å²) in [6, 6.07) is 10.1. The number of thiophene rings is 1. The van der Waals surface area contributed by atoms with E-state index < -0.39 is 0 Å². The number of hydrogen-bond acceptors (Lipinski definition) is 7. The van der Waals surface area contributed by atoms with Crippen LogP contribution in [0.5, 0.6) is 0 Å². The Kier molecular flexibility index (Phi) is 3.53. The van der Waals surface area contributed by atoms with Crippen molar-refractivity contribution in [2.75, 3.05) is 31.2 Å². The SMILES string of the molecule is c1cc(-c2nc(N3CCOCC3)c3sc4ncccc4c3n2)c2cn[nH]c2c1. The van der Waals surface area contributed by atoms with Crippen LogP contribution in [-0.2, 0) is 4.74 Å². The minimum atomic E-state index is 0.710. The van der Waals surface area contributed by atoms with Crippen molar-refractivity contribution in [2.45, 2.75) is 0 Å². The topological polar surface area (TPSA) is 79.8 Å². The van der Waals surface area contributed by atoms with Crippen molar-refractivity contribution in [3.05, 3.63) is 42.7 Å². The molecule has 8 heteroatoms. The minimum Gasteiger partial charge on any atom is -0.378 e. The first-order chi connectivity index (χ1) is 13.9. The number of aromatic nitrogens is 5. The fourth-order valence-corrected chi connectivity index (χ4v) is 4.84. The summed E-state index contributed by atoms with van der Waals surface area (Å²) >= 11 is 1.65. The van der Waals surface area contributed by atoms with E-state index in [1.54, 1.807) is 11.3 Å². The van der Waals surface area contributed by atoms with E-state index in [4.69, 9.17) is 14.7 Å². The van der Waals surface area contributed by atoms with Gasteiger partial charge in [-0.2, -0.15) is 5.10 Å². The quantitative estimate of drug-likeness (QED) is 0.498. The van der Waals surface area contributed by atoms with Crippen LogP contribution in [0.25, 0.3) is 42.7 Å². The molecule has 0 radical (unpaired) electrons. The Labute approximate surface area is 164 Å². The fourth-order valence-electron chi connectivity index (χ4n) is 3.74. The second-order valence-electron chi connectivity index (χ2n) is 6.74. The normalized spacial score (nSPS) is 15.1. The first-order valence-corrected chi connectivity index (χ1v) is 10.0. The average Bonchev–Trinajstić information content (AvgIpc) is 3.38. The molecule has 6 rings (SSSR count). The summed E-state index contributed by atoms with van der Waals surface area (Å²) in [5, 5.41) is 9.31. The molecule has 1 saturated heterocycles. The van der Waals surface area contributed by atoms with E-state index >= 15 is 0 Å². The van der Waals surface area contributed by atoms with Crippen LogP contribution in [0.4, 0.5) is 5.82 Å². The standard InChI is InChI=1S/C20H16N6OS/c1-3-12(14-11-22-25-15(14)5-1)18-23-16-13-4-2-6-21-20(13)28-17(16)19(24-18)26-7-9-27-10-8-26/h1-6,11H,7-10H2,(H,22,25). The molecule has 138 valence electrons. The Morgan fingerprint density at radius 2 is 1.96 bits per heavy atom. The van der Waals surface area contributed by atoms with Crippen molar-refractivity contribution in [1.82, 2.24) is 25.1 Å². The van der Waals surface area contributed by atoms with Gasteiger partial charge >= 0.3 is 0 Å². The Balaban J connectivity index is 1.67. The number of pyridine rings is 1. The lowest BCUT2D eigenvalue weighted by Gasteiger charge is -2.28. The van der Waals surface area contributed by atoms with E-state index in [2.05, 4.69) is 32.2 Å². The van der Waals surface area contributed by atoms with E-state index in [9.17, 15) is 0 Å². The van der Waals surface area contributed by atoms with Crippen LogP contribution in [0.2, 0.25) is 0 Å². The molecule has 0 saturated carbocycles. The first kappa shape index (κ1) is 15.9. The number of anilines is 1. The highest BCUT2D eigenvalue weighted by atomic mass is 32.1. The Morgan fingerprint density at radius 3 is 2.89 bits per heavy atom. The molecule has 28 heavy (non-hydrogen) atoms. The van der Waals surface area contributed by atoms with E-state index in [1.807, 2.05) is 30.6 Å². The highest BCUT2D eigenvalue weighted by Gasteiger charge is 2.22. The molecule has 0 amide bonds. The maximum absolute atomic E-state index is 5.55. The largest absolute Gasteiger partial charge is 0.378 e. The van der Waals surface area contributed by atoms with Crippen molar-refractivity contribution in [2.24, 2.45) is 0 Å². The predicted molar refractivity (Wildman–Crippen MR) is 111 cm³/mol. The van der Waals surface area contributed by atoms with Crippen LogP contribution in [0.1, 0.15) is 0 Å². The number of nitrogens with one attached hydrogen (secondary N) is 1. The maximum Gasteiger partial charge on any atom is 0.163 e. The summed E-state index contributed by atoms with van der Waals surface area (Å²) < 4.78 is 6.63. The number of aromatic amines is 1. The molecule has 1 fully saturated rings. The number of benzene rings is 1. The Bertz CT molecular complexity index is 1320. The van der Waals surface area contributed by atoms with E-state index in [-0.39, 0.29) is 0 Å². The monoisotopic (exact) mass is 388 g/mol. The molecule has 1 aliphatic rings. The third-order valence-electron chi connectivity index (χ3n) is 5.11. The van der Waals surface area contributed by atoms with Gasteiger partial charge in [0.25, 0.3) is 0 Å². The molecule has 1 aliphatic heterocycles. The second-order valence-corrected chi connectivity index (χ2v) is 7.74. The zero-order valence-corrected chi connectivity index (χ0v) is 15.7. The van der Waals surface area contributed by atoms with Crippen molar-refractivity contribution in [1.29, 1.82) is 0 Å². The van der Waals surface area contributed by atoms with E-state index in [1.165, 1.54) is 0 Å². The summed E-state index contributed by atoms with van der Waals surface area (Å²) in [5.74, 6) is 1.68. The van der Waals surface area contributed by atoms with Gasteiger partial charge in [-0.05, 0) is 18.2 Å². The molecule has 1 aromatic carbocycles. The Morgan fingerprint density at radius 1 is 1.04 bits per heavy atom. The molecule has 7 nitrogen and oxygen atoms in total. The molecule has 0 aliphatic carbocycles. The summed E-state index contributed by atoms with van der Waals surface area (Å²) in [6.45, 7) is 3.06. The number of ether oxygens (including phenoxy) is 1. The van der Waals surface area contributed by atoms with Gasteiger partial charge in [-0.3, -0.25) is 5.10 Å². The minimum absolute atomic E-state index is 0.710. The first-order valence-electron chi connectivity index (χ1n) is 9.19. The number of nitrogens with zero attached hydrogens (tertiary/aromatic N) is 5. The molecule has 0 unspecified atom stereocenters. The molecule has 0 bridgehead atoms. The number of fused-ring (bicyclic) bond motifs is 4. The number of hydrogen-bond donors (Lipinski definition) is 1. The molecule has 0 atom stereocenters. The maximum atomic E-state index is 5.55. The number of H-pyrrole nitrogens is 1. The van der Waals surface area contributed by atoms with E-state index in [0.717, 1.165) is 55.8 Å². The molecule has 5 aromatic rings. The highest BCUT2D eigenvalue weighted by Crippen LogP contribution is 2.39. The van der Waals surface area contributed by atoms with Gasteiger partial charge in [0, 0.05) is 35.6 Å². The molecule has 4 aromatic heterocycles. The van der Waals surface area contributed by atoms with Gasteiger partial charge in [0.15, 0.2) is 11.6 Å². The van der Waals surface area contributed by atoms with Crippen LogP contribution in [0, 0.1) is 0 Å². The van der Waals surface area contributed by atoms with Gasteiger partial charge in [0.2, 0.25) is 0 Å². The Hall–Kier alpha value is -3.10. The van der Waals surface area contributed by atoms with Crippen LogP contribution in [-0.4, -0.2) is 51.5 Å². The van der Waals surface area contributed by atoms with Crippen molar-refractivity contribution < 1.29 is 4.74 Å². The lowest BCUT2D eigenvalue weighted by Crippen LogP contribution is -2.36. The summed E-state index contributed by atoms with van der Waals surface area (Å²) in [5.41, 5.74) is 2.91. The third-order valence-corrected chi connectivity index (χ3v) is 6.21. The van der Waals surface area contributed by atoms with Gasteiger partial charge in [-0.25, -0.2) is 15.0 Å². The smallest absolute Gasteiger partial charge is 0.163 e. The molecule has 5 heterocycles. The predicted octanol–water partition coefficient (Wildman–Crippen LogP) is 3.62.